The molecule has 0 saturated carbocycles. The van der Waals surface area contributed by atoms with Crippen LogP contribution in [0.25, 0.3) is 0 Å². The van der Waals surface area contributed by atoms with Crippen LogP contribution in [0, 0.1) is 5.92 Å². The van der Waals surface area contributed by atoms with Gasteiger partial charge in [0, 0.05) is 5.92 Å². The summed E-state index contributed by atoms with van der Waals surface area (Å²) >= 11 is 0. The lowest BCUT2D eigenvalue weighted by Gasteiger charge is -2.27. The van der Waals surface area contributed by atoms with E-state index in [0.29, 0.717) is 30.3 Å². The van der Waals surface area contributed by atoms with Gasteiger partial charge < -0.3 is 15.0 Å². The molecule has 0 aliphatic carbocycles. The number of para-hydroxylation sites is 1. The average molecular weight is 305 g/mol. The average Bonchev–Trinajstić information content (AvgIpc) is 2.48. The maximum Gasteiger partial charge on any atom is 0.340 e. The molecule has 2 N–H and O–H groups in total. The number of hydrogen-bond acceptors (Lipinski definition) is 3. The van der Waals surface area contributed by atoms with Crippen LogP contribution < -0.4 is 10.2 Å². The lowest BCUT2D eigenvalue weighted by Crippen LogP contribution is -3.14. The van der Waals surface area contributed by atoms with Crippen molar-refractivity contribution in [3.63, 3.8) is 0 Å². The van der Waals surface area contributed by atoms with E-state index in [1.165, 1.54) is 17.7 Å². The Morgan fingerprint density at radius 3 is 2.86 bits per heavy atom. The minimum absolute atomic E-state index is 0.0548. The van der Waals surface area contributed by atoms with Crippen LogP contribution in [0.5, 0.6) is 0 Å². The molecule has 2 atom stereocenters. The molecular weight excluding hydrogens is 280 g/mol. The van der Waals surface area contributed by atoms with Gasteiger partial charge in [-0.3, -0.25) is 4.79 Å². The first-order valence-corrected chi connectivity index (χ1v) is 7.99. The molecule has 2 rings (SSSR count). The number of amides is 1. The zero-order chi connectivity index (χ0) is 15.9. The van der Waals surface area contributed by atoms with E-state index >= 15 is 0 Å². The van der Waals surface area contributed by atoms with Crippen molar-refractivity contribution in [2.75, 3.05) is 31.6 Å². The van der Waals surface area contributed by atoms with Crippen LogP contribution in [-0.4, -0.2) is 38.1 Å². The molecule has 120 valence electrons. The Labute approximate surface area is 131 Å². The van der Waals surface area contributed by atoms with Crippen molar-refractivity contribution < 1.29 is 19.2 Å². The minimum atomic E-state index is -0.405. The minimum Gasteiger partial charge on any atom is -0.462 e. The van der Waals surface area contributed by atoms with Crippen LogP contribution in [-0.2, 0) is 9.53 Å². The molecule has 1 fully saturated rings. The summed E-state index contributed by atoms with van der Waals surface area (Å²) in [5.74, 6) is 0.210. The summed E-state index contributed by atoms with van der Waals surface area (Å²) in [6.45, 7) is 6.83. The highest BCUT2D eigenvalue weighted by Gasteiger charge is 2.22. The van der Waals surface area contributed by atoms with Gasteiger partial charge in [-0.25, -0.2) is 4.79 Å². The van der Waals surface area contributed by atoms with E-state index in [4.69, 9.17) is 4.74 Å². The number of quaternary nitrogens is 1. The van der Waals surface area contributed by atoms with Gasteiger partial charge >= 0.3 is 5.97 Å². The first-order chi connectivity index (χ1) is 10.6. The Bertz CT molecular complexity index is 530. The molecule has 1 heterocycles. The first-order valence-electron chi connectivity index (χ1n) is 7.99. The predicted octanol–water partition coefficient (Wildman–Crippen LogP) is 1.12. The molecule has 0 bridgehead atoms. The second-order valence-corrected chi connectivity index (χ2v) is 5.94. The number of ether oxygens (including phenoxy) is 1. The Hall–Kier alpha value is -1.88. The molecule has 1 aliphatic rings. The normalized spacial score (nSPS) is 21.2. The number of benzene rings is 1. The van der Waals surface area contributed by atoms with Crippen molar-refractivity contribution >= 4 is 17.6 Å². The van der Waals surface area contributed by atoms with Gasteiger partial charge in [-0.05, 0) is 31.9 Å². The molecule has 5 heteroatoms. The number of likely N-dealkylation sites (tertiary alicyclic amines) is 1. The van der Waals surface area contributed by atoms with Crippen molar-refractivity contribution in [3.05, 3.63) is 29.8 Å². The fourth-order valence-electron chi connectivity index (χ4n) is 2.96. The Kier molecular flexibility index (Phi) is 5.95. The van der Waals surface area contributed by atoms with E-state index < -0.39 is 5.97 Å². The van der Waals surface area contributed by atoms with Crippen LogP contribution in [0.2, 0.25) is 0 Å². The zero-order valence-electron chi connectivity index (χ0n) is 13.4. The van der Waals surface area contributed by atoms with Gasteiger partial charge in [0.1, 0.15) is 0 Å². The molecule has 1 saturated heterocycles. The number of carbonyl (C=O) groups excluding carboxylic acids is 2. The molecule has 0 aromatic heterocycles. The summed E-state index contributed by atoms with van der Waals surface area (Å²) < 4.78 is 5.02. The summed E-state index contributed by atoms with van der Waals surface area (Å²) in [7, 11) is 0. The monoisotopic (exact) mass is 305 g/mol. The topological polar surface area (TPSA) is 59.8 Å². The van der Waals surface area contributed by atoms with Crippen molar-refractivity contribution in [1.82, 2.24) is 0 Å². The highest BCUT2D eigenvalue weighted by Crippen LogP contribution is 2.16. The summed E-state index contributed by atoms with van der Waals surface area (Å²) in [5.41, 5.74) is 0.926. The second-order valence-electron chi connectivity index (χ2n) is 5.94. The molecule has 1 unspecified atom stereocenters. The van der Waals surface area contributed by atoms with E-state index in [1.54, 1.807) is 31.2 Å². The van der Waals surface area contributed by atoms with Crippen LogP contribution >= 0.6 is 0 Å². The summed E-state index contributed by atoms with van der Waals surface area (Å²) in [6, 6.07) is 6.97. The number of piperidine rings is 1. The van der Waals surface area contributed by atoms with Crippen molar-refractivity contribution in [2.24, 2.45) is 5.92 Å². The molecule has 1 aliphatic heterocycles. The van der Waals surface area contributed by atoms with Crippen LogP contribution in [0.1, 0.15) is 37.0 Å². The molecule has 22 heavy (non-hydrogen) atoms. The number of rotatable bonds is 5. The Morgan fingerprint density at radius 2 is 2.14 bits per heavy atom. The highest BCUT2D eigenvalue weighted by molar-refractivity contribution is 6.01. The van der Waals surface area contributed by atoms with Gasteiger partial charge in [0.05, 0.1) is 30.9 Å². The summed E-state index contributed by atoms with van der Waals surface area (Å²) in [5, 5.41) is 2.85. The largest absolute Gasteiger partial charge is 0.462 e. The predicted molar refractivity (Wildman–Crippen MR) is 85.0 cm³/mol. The fourth-order valence-corrected chi connectivity index (χ4v) is 2.96. The SMILES string of the molecule is CCOC(=O)c1ccccc1NC(=O)C[NH+]1CCC[C@H](C)C1. The number of nitrogens with one attached hydrogen (secondary N) is 2. The van der Waals surface area contributed by atoms with Crippen molar-refractivity contribution in [3.8, 4) is 0 Å². The van der Waals surface area contributed by atoms with Gasteiger partial charge in [0.15, 0.2) is 6.54 Å². The van der Waals surface area contributed by atoms with Crippen LogP contribution in [0.15, 0.2) is 24.3 Å². The highest BCUT2D eigenvalue weighted by atomic mass is 16.5. The number of carbonyl (C=O) groups is 2. The third kappa shape index (κ3) is 4.56. The molecule has 1 aromatic rings. The van der Waals surface area contributed by atoms with Gasteiger partial charge in [-0.1, -0.05) is 19.1 Å². The summed E-state index contributed by atoms with van der Waals surface area (Å²) in [4.78, 5) is 25.4. The third-order valence-electron chi connectivity index (χ3n) is 3.97. The van der Waals surface area contributed by atoms with Gasteiger partial charge in [0.25, 0.3) is 5.91 Å². The smallest absolute Gasteiger partial charge is 0.340 e. The maximum atomic E-state index is 12.2. The van der Waals surface area contributed by atoms with E-state index in [9.17, 15) is 9.59 Å². The van der Waals surface area contributed by atoms with Gasteiger partial charge in [-0.2, -0.15) is 0 Å². The van der Waals surface area contributed by atoms with E-state index in [2.05, 4.69) is 12.2 Å². The van der Waals surface area contributed by atoms with Crippen molar-refractivity contribution in [1.29, 1.82) is 0 Å². The zero-order valence-corrected chi connectivity index (χ0v) is 13.4. The molecular formula is C17H25N2O3+. The summed E-state index contributed by atoms with van der Waals surface area (Å²) in [6.07, 6.45) is 2.42. The first kappa shape index (κ1) is 16.5. The number of esters is 1. The lowest BCUT2D eigenvalue weighted by atomic mass is 10.0. The Balaban J connectivity index is 1.98. The standard InChI is InChI=1S/C17H24N2O3/c1-3-22-17(21)14-8-4-5-9-15(14)18-16(20)12-19-10-6-7-13(2)11-19/h4-5,8-9,13H,3,6-7,10-12H2,1-2H3,(H,18,20)/p+1/t13-/m0/s1. The van der Waals surface area contributed by atoms with Crippen molar-refractivity contribution in [2.45, 2.75) is 26.7 Å². The second kappa shape index (κ2) is 7.94. The quantitative estimate of drug-likeness (QED) is 0.801. The maximum absolute atomic E-state index is 12.2. The van der Waals surface area contributed by atoms with E-state index in [1.807, 2.05) is 0 Å². The third-order valence-corrected chi connectivity index (χ3v) is 3.97. The number of hydrogen-bond donors (Lipinski definition) is 2. The van der Waals surface area contributed by atoms with Crippen LogP contribution in [0.3, 0.4) is 0 Å². The molecule has 1 amide bonds. The van der Waals surface area contributed by atoms with Crippen LogP contribution in [0.4, 0.5) is 5.69 Å². The molecule has 5 nitrogen and oxygen atoms in total. The molecule has 1 aromatic carbocycles. The van der Waals surface area contributed by atoms with E-state index in [-0.39, 0.29) is 5.91 Å². The Morgan fingerprint density at radius 1 is 1.36 bits per heavy atom. The molecule has 0 radical (unpaired) electrons. The fraction of sp³-hybridized carbons (Fsp3) is 0.529. The van der Waals surface area contributed by atoms with Gasteiger partial charge in [-0.15, -0.1) is 0 Å². The van der Waals surface area contributed by atoms with Gasteiger partial charge in [0.2, 0.25) is 0 Å². The molecule has 0 spiro atoms. The number of anilines is 1. The lowest BCUT2D eigenvalue weighted by molar-refractivity contribution is -0.900. The van der Waals surface area contributed by atoms with E-state index in [0.717, 1.165) is 13.1 Å².